The molecule has 208 valence electrons. The van der Waals surface area contributed by atoms with E-state index in [4.69, 9.17) is 23.2 Å². The third kappa shape index (κ3) is 7.97. The Hall–Kier alpha value is -3.07. The highest BCUT2D eigenvalue weighted by Gasteiger charge is 2.33. The highest BCUT2D eigenvalue weighted by Crippen LogP contribution is 2.26. The molecule has 0 spiro atoms. The number of nitrogens with zero attached hydrogens (tertiary/aromatic N) is 2. The number of halogens is 2. The van der Waals surface area contributed by atoms with Crippen LogP contribution in [0.2, 0.25) is 10.0 Å². The Morgan fingerprint density at radius 2 is 1.54 bits per heavy atom. The molecule has 3 rings (SSSR count). The van der Waals surface area contributed by atoms with Crippen LogP contribution in [0.5, 0.6) is 0 Å². The summed E-state index contributed by atoms with van der Waals surface area (Å²) in [4.78, 5) is 28.6. The molecule has 2 amide bonds. The zero-order chi connectivity index (χ0) is 28.4. The summed E-state index contributed by atoms with van der Waals surface area (Å²) in [6.07, 6.45) is 2.05. The fraction of sp³-hybridized carbons (Fsp3) is 0.310. The first-order valence-corrected chi connectivity index (χ1v) is 15.0. The first-order valence-electron chi connectivity index (χ1n) is 12.8. The molecule has 0 unspecified atom stereocenters. The zero-order valence-electron chi connectivity index (χ0n) is 22.0. The molecule has 3 aromatic carbocycles. The molecule has 10 heteroatoms. The van der Waals surface area contributed by atoms with Gasteiger partial charge in [-0.1, -0.05) is 85.9 Å². The second-order valence-corrected chi connectivity index (χ2v) is 11.7. The van der Waals surface area contributed by atoms with Crippen LogP contribution >= 0.6 is 23.2 Å². The van der Waals surface area contributed by atoms with Crippen LogP contribution in [0.25, 0.3) is 0 Å². The Balaban J connectivity index is 2.01. The summed E-state index contributed by atoms with van der Waals surface area (Å²) < 4.78 is 28.5. The Labute approximate surface area is 240 Å². The van der Waals surface area contributed by atoms with Gasteiger partial charge in [0.05, 0.1) is 20.6 Å². The topological polar surface area (TPSA) is 86.8 Å². The van der Waals surface area contributed by atoms with Crippen LogP contribution in [0.1, 0.15) is 38.7 Å². The average Bonchev–Trinajstić information content (AvgIpc) is 2.94. The van der Waals surface area contributed by atoms with Crippen molar-refractivity contribution in [3.8, 4) is 0 Å². The highest BCUT2D eigenvalue weighted by atomic mass is 35.5. The molecule has 0 radical (unpaired) electrons. The van der Waals surface area contributed by atoms with Gasteiger partial charge in [0.25, 0.3) is 10.0 Å². The van der Waals surface area contributed by atoms with Crippen molar-refractivity contribution >= 4 is 50.7 Å². The number of para-hydroxylation sites is 1. The van der Waals surface area contributed by atoms with Crippen molar-refractivity contribution in [2.24, 2.45) is 0 Å². The van der Waals surface area contributed by atoms with Gasteiger partial charge >= 0.3 is 0 Å². The van der Waals surface area contributed by atoms with E-state index in [-0.39, 0.29) is 17.3 Å². The first kappa shape index (κ1) is 30.5. The van der Waals surface area contributed by atoms with Crippen molar-refractivity contribution in [3.05, 3.63) is 94.5 Å². The molecule has 0 saturated carbocycles. The quantitative estimate of drug-likeness (QED) is 0.251. The third-order valence-electron chi connectivity index (χ3n) is 6.21. The summed E-state index contributed by atoms with van der Waals surface area (Å²) in [5.41, 5.74) is 0.999. The monoisotopic (exact) mass is 589 g/mol. The number of nitrogens with one attached hydrogen (secondary N) is 1. The summed E-state index contributed by atoms with van der Waals surface area (Å²) in [7, 11) is -4.09. The van der Waals surface area contributed by atoms with E-state index < -0.39 is 28.5 Å². The van der Waals surface area contributed by atoms with Gasteiger partial charge in [-0.25, -0.2) is 8.42 Å². The van der Waals surface area contributed by atoms with Crippen LogP contribution in [-0.2, 0) is 26.2 Å². The zero-order valence-corrected chi connectivity index (χ0v) is 24.3. The summed E-state index contributed by atoms with van der Waals surface area (Å²) in [6, 6.07) is 20.6. The van der Waals surface area contributed by atoms with E-state index in [1.54, 1.807) is 66.7 Å². The summed E-state index contributed by atoms with van der Waals surface area (Å²) >= 11 is 12.3. The molecule has 0 aliphatic heterocycles. The molecule has 7 nitrogen and oxygen atoms in total. The molecule has 0 aliphatic carbocycles. The number of anilines is 1. The van der Waals surface area contributed by atoms with Crippen molar-refractivity contribution in [1.29, 1.82) is 0 Å². The minimum atomic E-state index is -4.09. The number of hydrogen-bond acceptors (Lipinski definition) is 4. The van der Waals surface area contributed by atoms with Crippen molar-refractivity contribution in [1.82, 2.24) is 10.2 Å². The van der Waals surface area contributed by atoms with E-state index >= 15 is 0 Å². The van der Waals surface area contributed by atoms with Gasteiger partial charge in [0.1, 0.15) is 12.6 Å². The van der Waals surface area contributed by atoms with Crippen LogP contribution in [-0.4, -0.2) is 44.3 Å². The number of carbonyl (C=O) groups excluding carboxylic acids is 2. The lowest BCUT2D eigenvalue weighted by atomic mass is 10.1. The van der Waals surface area contributed by atoms with Crippen molar-refractivity contribution < 1.29 is 18.0 Å². The molecule has 0 bridgehead atoms. The minimum absolute atomic E-state index is 0.0451. The van der Waals surface area contributed by atoms with Gasteiger partial charge in [-0.15, -0.1) is 0 Å². The second kappa shape index (κ2) is 14.4. The molecule has 1 atom stereocenters. The Morgan fingerprint density at radius 3 is 2.13 bits per heavy atom. The Kier molecular flexibility index (Phi) is 11.2. The van der Waals surface area contributed by atoms with Gasteiger partial charge in [0.15, 0.2) is 0 Å². The lowest BCUT2D eigenvalue weighted by Gasteiger charge is -2.33. The van der Waals surface area contributed by atoms with Crippen molar-refractivity contribution in [3.63, 3.8) is 0 Å². The first-order chi connectivity index (χ1) is 18.7. The van der Waals surface area contributed by atoms with Crippen molar-refractivity contribution in [2.75, 3.05) is 17.4 Å². The van der Waals surface area contributed by atoms with Crippen LogP contribution in [0.15, 0.2) is 83.8 Å². The van der Waals surface area contributed by atoms with E-state index in [1.807, 2.05) is 13.8 Å². The lowest BCUT2D eigenvalue weighted by Crippen LogP contribution is -2.52. The van der Waals surface area contributed by atoms with Gasteiger partial charge in [0, 0.05) is 13.1 Å². The SMILES string of the molecule is CCCCNC(=O)[C@@H](CC)N(Cc1ccc(Cl)c(Cl)c1)C(=O)CN(c1ccccc1)S(=O)(=O)c1ccccc1. The van der Waals surface area contributed by atoms with E-state index in [9.17, 15) is 18.0 Å². The molecule has 0 fully saturated rings. The summed E-state index contributed by atoms with van der Waals surface area (Å²) in [5, 5.41) is 3.59. The normalized spacial score (nSPS) is 12.0. The Morgan fingerprint density at radius 1 is 0.897 bits per heavy atom. The number of sulfonamides is 1. The standard InChI is InChI=1S/C29H33Cl2N3O4S/c1-3-5-18-32-29(36)27(4-2)33(20-22-16-17-25(30)26(31)19-22)28(35)21-34(23-12-8-6-9-13-23)39(37,38)24-14-10-7-11-15-24/h6-17,19,27H,3-5,18,20-21H2,1-2H3,(H,32,36)/t27-/m1/s1. The molecule has 0 saturated heterocycles. The average molecular weight is 591 g/mol. The molecular formula is C29H33Cl2N3O4S. The molecule has 39 heavy (non-hydrogen) atoms. The van der Waals surface area contributed by atoms with E-state index in [0.29, 0.717) is 34.3 Å². The van der Waals surface area contributed by atoms with E-state index in [2.05, 4.69) is 5.32 Å². The molecule has 1 N–H and O–H groups in total. The van der Waals surface area contributed by atoms with Gasteiger partial charge in [-0.05, 0) is 54.8 Å². The lowest BCUT2D eigenvalue weighted by molar-refractivity contribution is -0.140. The number of benzene rings is 3. The number of hydrogen-bond donors (Lipinski definition) is 1. The molecule has 0 aromatic heterocycles. The maximum atomic E-state index is 14.0. The van der Waals surface area contributed by atoms with E-state index in [1.165, 1.54) is 17.0 Å². The summed E-state index contributed by atoms with van der Waals surface area (Å²) in [5.74, 6) is -0.821. The highest BCUT2D eigenvalue weighted by molar-refractivity contribution is 7.92. The van der Waals surface area contributed by atoms with Crippen LogP contribution in [0.4, 0.5) is 5.69 Å². The van der Waals surface area contributed by atoms with Crippen molar-refractivity contribution in [2.45, 2.75) is 50.6 Å². The fourth-order valence-electron chi connectivity index (χ4n) is 4.10. The number of rotatable bonds is 13. The second-order valence-electron chi connectivity index (χ2n) is 9.00. The smallest absolute Gasteiger partial charge is 0.264 e. The van der Waals surface area contributed by atoms with Crippen LogP contribution in [0.3, 0.4) is 0 Å². The predicted molar refractivity (Wildman–Crippen MR) is 156 cm³/mol. The molecule has 0 heterocycles. The maximum absolute atomic E-state index is 14.0. The fourth-order valence-corrected chi connectivity index (χ4v) is 5.86. The maximum Gasteiger partial charge on any atom is 0.264 e. The number of carbonyl (C=O) groups is 2. The van der Waals surface area contributed by atoms with Gasteiger partial charge < -0.3 is 10.2 Å². The number of unbranched alkanes of at least 4 members (excludes halogenated alkanes) is 1. The van der Waals surface area contributed by atoms with Gasteiger partial charge in [-0.3, -0.25) is 13.9 Å². The third-order valence-corrected chi connectivity index (χ3v) is 8.73. The van der Waals surface area contributed by atoms with Gasteiger partial charge in [-0.2, -0.15) is 0 Å². The predicted octanol–water partition coefficient (Wildman–Crippen LogP) is 5.91. The number of amides is 2. The molecular weight excluding hydrogens is 557 g/mol. The van der Waals surface area contributed by atoms with Crippen LogP contribution in [0, 0.1) is 0 Å². The van der Waals surface area contributed by atoms with Crippen LogP contribution < -0.4 is 9.62 Å². The minimum Gasteiger partial charge on any atom is -0.354 e. The van der Waals surface area contributed by atoms with Gasteiger partial charge in [0.2, 0.25) is 11.8 Å². The molecule has 3 aromatic rings. The van der Waals surface area contributed by atoms with E-state index in [0.717, 1.165) is 17.1 Å². The Bertz CT molecular complexity index is 1360. The summed E-state index contributed by atoms with van der Waals surface area (Å²) in [6.45, 7) is 3.87. The molecule has 0 aliphatic rings. The largest absolute Gasteiger partial charge is 0.354 e.